The molecule has 2 aromatic rings. The third kappa shape index (κ3) is 2.10. The number of aromatic hydroxyl groups is 1. The van der Waals surface area contributed by atoms with E-state index in [2.05, 4.69) is 9.97 Å². The monoisotopic (exact) mass is 204 g/mol. The maximum absolute atomic E-state index is 12.7. The van der Waals surface area contributed by atoms with Crippen LogP contribution in [0.5, 0.6) is 5.88 Å². The van der Waals surface area contributed by atoms with Gasteiger partial charge in [-0.1, -0.05) is 0 Å². The van der Waals surface area contributed by atoms with E-state index >= 15 is 0 Å². The summed E-state index contributed by atoms with van der Waals surface area (Å²) in [5, 5.41) is 9.28. The first-order valence-corrected chi connectivity index (χ1v) is 4.46. The Morgan fingerprint density at radius 3 is 2.40 bits per heavy atom. The van der Waals surface area contributed by atoms with Crippen molar-refractivity contribution in [1.29, 1.82) is 0 Å². The first-order chi connectivity index (χ1) is 7.15. The molecule has 0 amide bonds. The number of halogens is 1. The number of rotatable bonds is 1. The van der Waals surface area contributed by atoms with Crippen LogP contribution >= 0.6 is 0 Å². The zero-order valence-corrected chi connectivity index (χ0v) is 8.11. The van der Waals surface area contributed by atoms with Crippen LogP contribution in [0, 0.1) is 12.7 Å². The molecule has 1 aromatic heterocycles. The Balaban J connectivity index is 2.49. The molecular formula is C11H9FN2O. The molecular weight excluding hydrogens is 195 g/mol. The third-order valence-corrected chi connectivity index (χ3v) is 1.96. The first kappa shape index (κ1) is 9.58. The minimum Gasteiger partial charge on any atom is -0.493 e. The molecule has 1 heterocycles. The maximum Gasteiger partial charge on any atom is 0.214 e. The summed E-state index contributed by atoms with van der Waals surface area (Å²) in [4.78, 5) is 7.89. The summed E-state index contributed by atoms with van der Waals surface area (Å²) in [6.45, 7) is 1.69. The fourth-order valence-corrected chi connectivity index (χ4v) is 1.32. The Morgan fingerprint density at radius 1 is 1.13 bits per heavy atom. The van der Waals surface area contributed by atoms with Crippen molar-refractivity contribution >= 4 is 0 Å². The van der Waals surface area contributed by atoms with E-state index in [1.807, 2.05) is 0 Å². The molecule has 0 radical (unpaired) electrons. The number of hydrogen-bond acceptors (Lipinski definition) is 3. The topological polar surface area (TPSA) is 46.0 Å². The number of aryl methyl sites for hydroxylation is 1. The van der Waals surface area contributed by atoms with Gasteiger partial charge >= 0.3 is 0 Å². The van der Waals surface area contributed by atoms with Crippen LogP contribution in [-0.4, -0.2) is 15.1 Å². The molecule has 0 unspecified atom stereocenters. The molecule has 1 N–H and O–H groups in total. The van der Waals surface area contributed by atoms with Gasteiger partial charge in [-0.2, -0.15) is 4.98 Å². The highest BCUT2D eigenvalue weighted by molar-refractivity contribution is 5.59. The molecule has 4 heteroatoms. The predicted molar refractivity (Wildman–Crippen MR) is 53.8 cm³/mol. The van der Waals surface area contributed by atoms with E-state index in [9.17, 15) is 9.50 Å². The summed E-state index contributed by atoms with van der Waals surface area (Å²) in [5.41, 5.74) is 1.33. The molecule has 0 aliphatic heterocycles. The smallest absolute Gasteiger partial charge is 0.214 e. The fraction of sp³-hybridized carbons (Fsp3) is 0.0909. The van der Waals surface area contributed by atoms with E-state index in [4.69, 9.17) is 0 Å². The van der Waals surface area contributed by atoms with Gasteiger partial charge in [-0.25, -0.2) is 9.37 Å². The van der Waals surface area contributed by atoms with Gasteiger partial charge in [0, 0.05) is 11.6 Å². The number of aromatic nitrogens is 2. The second-order valence-corrected chi connectivity index (χ2v) is 3.17. The lowest BCUT2D eigenvalue weighted by Crippen LogP contribution is -1.90. The molecule has 0 saturated heterocycles. The maximum atomic E-state index is 12.7. The first-order valence-electron chi connectivity index (χ1n) is 4.46. The summed E-state index contributed by atoms with van der Waals surface area (Å²) in [6.07, 6.45) is 0. The van der Waals surface area contributed by atoms with Crippen LogP contribution in [-0.2, 0) is 0 Å². The van der Waals surface area contributed by atoms with Gasteiger partial charge in [0.25, 0.3) is 0 Å². The van der Waals surface area contributed by atoms with Crippen LogP contribution in [0.25, 0.3) is 11.3 Å². The van der Waals surface area contributed by atoms with Gasteiger partial charge in [-0.15, -0.1) is 0 Å². The van der Waals surface area contributed by atoms with Crippen LogP contribution < -0.4 is 0 Å². The third-order valence-electron chi connectivity index (χ3n) is 1.96. The summed E-state index contributed by atoms with van der Waals surface area (Å²) < 4.78 is 12.7. The Hall–Kier alpha value is -1.97. The van der Waals surface area contributed by atoms with E-state index in [0.717, 1.165) is 5.56 Å². The van der Waals surface area contributed by atoms with Crippen LogP contribution in [0.15, 0.2) is 30.3 Å². The molecule has 0 bridgehead atoms. The molecule has 76 valence electrons. The Labute approximate surface area is 86.3 Å². The predicted octanol–water partition coefficient (Wildman–Crippen LogP) is 2.30. The second-order valence-electron chi connectivity index (χ2n) is 3.17. The lowest BCUT2D eigenvalue weighted by Gasteiger charge is -2.02. The van der Waals surface area contributed by atoms with Crippen molar-refractivity contribution in [3.05, 3.63) is 42.0 Å². The van der Waals surface area contributed by atoms with Gasteiger partial charge < -0.3 is 5.11 Å². The van der Waals surface area contributed by atoms with Gasteiger partial charge in [0.15, 0.2) is 0 Å². The lowest BCUT2D eigenvalue weighted by atomic mass is 10.1. The van der Waals surface area contributed by atoms with E-state index in [0.29, 0.717) is 11.5 Å². The molecule has 0 fully saturated rings. The average Bonchev–Trinajstić information content (AvgIpc) is 2.17. The average molecular weight is 204 g/mol. The summed E-state index contributed by atoms with van der Waals surface area (Å²) >= 11 is 0. The van der Waals surface area contributed by atoms with E-state index in [1.165, 1.54) is 18.2 Å². The minimum absolute atomic E-state index is 0.0816. The zero-order chi connectivity index (χ0) is 10.8. The highest BCUT2D eigenvalue weighted by Crippen LogP contribution is 2.20. The lowest BCUT2D eigenvalue weighted by molar-refractivity contribution is 0.450. The van der Waals surface area contributed by atoms with Gasteiger partial charge in [-0.3, -0.25) is 0 Å². The van der Waals surface area contributed by atoms with Crippen LogP contribution in [0.2, 0.25) is 0 Å². The summed E-state index contributed by atoms with van der Waals surface area (Å²) in [7, 11) is 0. The molecule has 0 saturated carbocycles. The van der Waals surface area contributed by atoms with Crippen molar-refractivity contribution in [1.82, 2.24) is 9.97 Å². The van der Waals surface area contributed by atoms with Crippen LogP contribution in [0.1, 0.15) is 5.82 Å². The van der Waals surface area contributed by atoms with Crippen molar-refractivity contribution < 1.29 is 9.50 Å². The Bertz CT molecular complexity index is 462. The SMILES string of the molecule is Cc1nc(O)cc(-c2ccc(F)cc2)n1. The van der Waals surface area contributed by atoms with E-state index < -0.39 is 0 Å². The molecule has 0 aliphatic rings. The Morgan fingerprint density at radius 2 is 1.80 bits per heavy atom. The minimum atomic E-state index is -0.297. The molecule has 0 atom stereocenters. The van der Waals surface area contributed by atoms with Crippen molar-refractivity contribution in [3.63, 3.8) is 0 Å². The molecule has 2 rings (SSSR count). The number of benzene rings is 1. The van der Waals surface area contributed by atoms with E-state index in [-0.39, 0.29) is 11.7 Å². The summed E-state index contributed by atoms with van der Waals surface area (Å²) in [5.74, 6) is 0.102. The van der Waals surface area contributed by atoms with Gasteiger partial charge in [0.2, 0.25) is 5.88 Å². The second kappa shape index (κ2) is 3.65. The van der Waals surface area contributed by atoms with Crippen LogP contribution in [0.4, 0.5) is 4.39 Å². The molecule has 15 heavy (non-hydrogen) atoms. The van der Waals surface area contributed by atoms with Crippen molar-refractivity contribution in [2.24, 2.45) is 0 Å². The molecule has 0 spiro atoms. The number of hydrogen-bond donors (Lipinski definition) is 1. The molecule has 1 aromatic carbocycles. The normalized spacial score (nSPS) is 10.3. The highest BCUT2D eigenvalue weighted by atomic mass is 19.1. The van der Waals surface area contributed by atoms with Crippen molar-refractivity contribution in [2.75, 3.05) is 0 Å². The van der Waals surface area contributed by atoms with Gasteiger partial charge in [0.1, 0.15) is 11.6 Å². The standard InChI is InChI=1S/C11H9FN2O/c1-7-13-10(6-11(15)14-7)8-2-4-9(12)5-3-8/h2-6H,1H3,(H,13,14,15). The van der Waals surface area contributed by atoms with Crippen molar-refractivity contribution in [3.8, 4) is 17.1 Å². The number of nitrogens with zero attached hydrogens (tertiary/aromatic N) is 2. The fourth-order valence-electron chi connectivity index (χ4n) is 1.32. The van der Waals surface area contributed by atoms with Crippen LogP contribution in [0.3, 0.4) is 0 Å². The highest BCUT2D eigenvalue weighted by Gasteiger charge is 2.03. The summed E-state index contributed by atoms with van der Waals surface area (Å²) in [6, 6.07) is 7.36. The van der Waals surface area contributed by atoms with E-state index in [1.54, 1.807) is 19.1 Å². The Kier molecular flexibility index (Phi) is 2.33. The van der Waals surface area contributed by atoms with Crippen molar-refractivity contribution in [2.45, 2.75) is 6.92 Å². The van der Waals surface area contributed by atoms with Gasteiger partial charge in [-0.05, 0) is 31.2 Å². The quantitative estimate of drug-likeness (QED) is 0.775. The van der Waals surface area contributed by atoms with Gasteiger partial charge in [0.05, 0.1) is 5.69 Å². The molecule has 0 aliphatic carbocycles. The molecule has 3 nitrogen and oxygen atoms in total. The zero-order valence-electron chi connectivity index (χ0n) is 8.11. The largest absolute Gasteiger partial charge is 0.493 e.